The molecule has 0 aliphatic carbocycles. The fraction of sp³-hybridized carbons (Fsp3) is 0.933. The molecular formula is C30H56O9. The SMILES string of the molecule is CCCCCCCCCC(CC(=O)O)OC(=O)CC(CCCCCCCCC)O[C@@H]1O[C@@H](C)[C@H](O)[C@@H](O)[C@H]1O. The summed E-state index contributed by atoms with van der Waals surface area (Å²) in [6.45, 7) is 5.93. The highest BCUT2D eigenvalue weighted by Gasteiger charge is 2.43. The first-order valence-electron chi connectivity index (χ1n) is 15.5. The molecule has 0 amide bonds. The van der Waals surface area contributed by atoms with Crippen molar-refractivity contribution in [1.82, 2.24) is 0 Å². The Bertz CT molecular complexity index is 644. The van der Waals surface area contributed by atoms with Gasteiger partial charge in [0.15, 0.2) is 6.29 Å². The molecule has 0 aromatic heterocycles. The minimum atomic E-state index is -1.46. The van der Waals surface area contributed by atoms with Gasteiger partial charge in [0.25, 0.3) is 0 Å². The molecule has 1 saturated heterocycles. The predicted octanol–water partition coefficient (Wildman–Crippen LogP) is 5.26. The smallest absolute Gasteiger partial charge is 0.308 e. The fourth-order valence-corrected chi connectivity index (χ4v) is 5.01. The predicted molar refractivity (Wildman–Crippen MR) is 149 cm³/mol. The van der Waals surface area contributed by atoms with Crippen LogP contribution in [-0.2, 0) is 23.8 Å². The van der Waals surface area contributed by atoms with Crippen LogP contribution in [0.25, 0.3) is 0 Å². The van der Waals surface area contributed by atoms with E-state index in [1.165, 1.54) is 38.5 Å². The number of rotatable bonds is 23. The molecule has 0 aromatic rings. The van der Waals surface area contributed by atoms with Crippen molar-refractivity contribution in [3.05, 3.63) is 0 Å². The summed E-state index contributed by atoms with van der Waals surface area (Å²) in [6, 6.07) is 0. The van der Waals surface area contributed by atoms with Crippen LogP contribution >= 0.6 is 0 Å². The first-order valence-corrected chi connectivity index (χ1v) is 15.5. The third kappa shape index (κ3) is 15.9. The number of esters is 1. The van der Waals surface area contributed by atoms with Gasteiger partial charge in [-0.15, -0.1) is 0 Å². The van der Waals surface area contributed by atoms with Gasteiger partial charge in [0.05, 0.1) is 25.0 Å². The number of hydrogen-bond donors (Lipinski definition) is 4. The summed E-state index contributed by atoms with van der Waals surface area (Å²) in [5.74, 6) is -1.55. The summed E-state index contributed by atoms with van der Waals surface area (Å²) in [5, 5.41) is 39.8. The number of carboxylic acid groups (broad SMARTS) is 1. The Balaban J connectivity index is 2.67. The van der Waals surface area contributed by atoms with Gasteiger partial charge in [0.1, 0.15) is 24.4 Å². The van der Waals surface area contributed by atoms with E-state index < -0.39 is 54.9 Å². The Morgan fingerprint density at radius 2 is 1.18 bits per heavy atom. The highest BCUT2D eigenvalue weighted by atomic mass is 16.7. The van der Waals surface area contributed by atoms with E-state index >= 15 is 0 Å². The van der Waals surface area contributed by atoms with Crippen LogP contribution in [0.3, 0.4) is 0 Å². The molecule has 1 fully saturated rings. The maximum Gasteiger partial charge on any atom is 0.308 e. The van der Waals surface area contributed by atoms with Crippen LogP contribution in [0.1, 0.15) is 136 Å². The fourth-order valence-electron chi connectivity index (χ4n) is 5.01. The van der Waals surface area contributed by atoms with Gasteiger partial charge in [-0.3, -0.25) is 9.59 Å². The molecule has 0 aromatic carbocycles. The standard InChI is InChI=1S/C30H56O9/c1-4-6-8-10-12-14-16-18-23(20-25(31)32)38-26(33)21-24(19-17-15-13-11-9-7-5-2)39-30-29(36)28(35)27(34)22(3)37-30/h22-24,27-30,34-36H,4-21H2,1-3H3,(H,31,32)/t22-,23?,24?,27-,28+,29+,30-/m0/s1. The first kappa shape index (κ1) is 35.8. The average Bonchev–Trinajstić information content (AvgIpc) is 2.88. The van der Waals surface area contributed by atoms with Crippen LogP contribution < -0.4 is 0 Å². The molecule has 0 radical (unpaired) electrons. The lowest BCUT2D eigenvalue weighted by Crippen LogP contribution is -2.58. The summed E-state index contributed by atoms with van der Waals surface area (Å²) in [5.41, 5.74) is 0. The Morgan fingerprint density at radius 1 is 0.692 bits per heavy atom. The third-order valence-electron chi connectivity index (χ3n) is 7.49. The quantitative estimate of drug-likeness (QED) is 0.0972. The van der Waals surface area contributed by atoms with E-state index in [4.69, 9.17) is 14.2 Å². The van der Waals surface area contributed by atoms with Crippen molar-refractivity contribution in [2.24, 2.45) is 0 Å². The normalized spacial score (nSPS) is 24.8. The van der Waals surface area contributed by atoms with Crippen LogP contribution in [0, 0.1) is 0 Å². The number of aliphatic hydroxyl groups is 3. The minimum Gasteiger partial charge on any atom is -0.481 e. The lowest BCUT2D eigenvalue weighted by Gasteiger charge is -2.40. The second-order valence-electron chi connectivity index (χ2n) is 11.2. The third-order valence-corrected chi connectivity index (χ3v) is 7.49. The molecule has 7 atom stereocenters. The van der Waals surface area contributed by atoms with Crippen LogP contribution in [0.4, 0.5) is 0 Å². The molecule has 39 heavy (non-hydrogen) atoms. The van der Waals surface area contributed by atoms with Crippen LogP contribution in [0.15, 0.2) is 0 Å². The van der Waals surface area contributed by atoms with E-state index in [2.05, 4.69) is 13.8 Å². The summed E-state index contributed by atoms with van der Waals surface area (Å²) in [4.78, 5) is 24.2. The summed E-state index contributed by atoms with van der Waals surface area (Å²) >= 11 is 0. The molecule has 0 saturated carbocycles. The molecule has 1 aliphatic rings. The largest absolute Gasteiger partial charge is 0.481 e. The number of aliphatic hydroxyl groups excluding tert-OH is 3. The van der Waals surface area contributed by atoms with Gasteiger partial charge in [-0.2, -0.15) is 0 Å². The van der Waals surface area contributed by atoms with Crippen molar-refractivity contribution in [3.63, 3.8) is 0 Å². The number of carbonyl (C=O) groups is 2. The number of unbranched alkanes of at least 4 members (excludes halogenated alkanes) is 12. The van der Waals surface area contributed by atoms with Gasteiger partial charge < -0.3 is 34.6 Å². The Morgan fingerprint density at radius 3 is 1.69 bits per heavy atom. The van der Waals surface area contributed by atoms with Gasteiger partial charge >= 0.3 is 11.9 Å². The van der Waals surface area contributed by atoms with E-state index in [1.54, 1.807) is 6.92 Å². The zero-order valence-electron chi connectivity index (χ0n) is 24.6. The molecule has 1 aliphatic heterocycles. The van der Waals surface area contributed by atoms with E-state index in [0.717, 1.165) is 51.4 Å². The lowest BCUT2D eigenvalue weighted by atomic mass is 9.99. The van der Waals surface area contributed by atoms with Gasteiger partial charge in [0, 0.05) is 0 Å². The van der Waals surface area contributed by atoms with Crippen molar-refractivity contribution < 1.29 is 44.2 Å². The number of hydrogen-bond acceptors (Lipinski definition) is 8. The van der Waals surface area contributed by atoms with Crippen LogP contribution in [0.5, 0.6) is 0 Å². The van der Waals surface area contributed by atoms with Crippen molar-refractivity contribution >= 4 is 11.9 Å². The van der Waals surface area contributed by atoms with E-state index in [1.807, 2.05) is 0 Å². The number of ether oxygens (including phenoxy) is 3. The van der Waals surface area contributed by atoms with Crippen molar-refractivity contribution in [2.75, 3.05) is 0 Å². The second kappa shape index (κ2) is 21.5. The maximum atomic E-state index is 12.9. The highest BCUT2D eigenvalue weighted by Crippen LogP contribution is 2.25. The minimum absolute atomic E-state index is 0.109. The van der Waals surface area contributed by atoms with Gasteiger partial charge in [-0.25, -0.2) is 0 Å². The molecule has 230 valence electrons. The Labute approximate surface area is 235 Å². The average molecular weight is 561 g/mol. The molecule has 4 N–H and O–H groups in total. The van der Waals surface area contributed by atoms with E-state index in [9.17, 15) is 30.0 Å². The summed E-state index contributed by atoms with van der Waals surface area (Å²) < 4.78 is 17.1. The molecule has 1 heterocycles. The first-order chi connectivity index (χ1) is 18.7. The zero-order chi connectivity index (χ0) is 29.0. The number of carboxylic acids is 1. The number of carbonyl (C=O) groups excluding carboxylic acids is 1. The van der Waals surface area contributed by atoms with Gasteiger partial charge in [-0.1, -0.05) is 97.3 Å². The van der Waals surface area contributed by atoms with Crippen molar-refractivity contribution in [2.45, 2.75) is 179 Å². The summed E-state index contributed by atoms with van der Waals surface area (Å²) in [6.07, 6.45) is 8.57. The maximum absolute atomic E-state index is 12.9. The zero-order valence-corrected chi connectivity index (χ0v) is 24.6. The topological polar surface area (TPSA) is 143 Å². The summed E-state index contributed by atoms with van der Waals surface area (Å²) in [7, 11) is 0. The van der Waals surface area contributed by atoms with Crippen molar-refractivity contribution in [1.29, 1.82) is 0 Å². The second-order valence-corrected chi connectivity index (χ2v) is 11.2. The number of aliphatic carboxylic acids is 1. The molecule has 0 bridgehead atoms. The highest BCUT2D eigenvalue weighted by molar-refractivity contribution is 5.72. The van der Waals surface area contributed by atoms with Crippen molar-refractivity contribution in [3.8, 4) is 0 Å². The Kier molecular flexibility index (Phi) is 19.7. The van der Waals surface area contributed by atoms with Crippen LogP contribution in [0.2, 0.25) is 0 Å². The molecule has 9 heteroatoms. The molecular weight excluding hydrogens is 504 g/mol. The lowest BCUT2D eigenvalue weighted by molar-refractivity contribution is -0.304. The van der Waals surface area contributed by atoms with Gasteiger partial charge in [0.2, 0.25) is 0 Å². The molecule has 2 unspecified atom stereocenters. The Hall–Kier alpha value is -1.26. The molecule has 0 spiro atoms. The van der Waals surface area contributed by atoms with Crippen LogP contribution in [-0.4, -0.2) is 75.3 Å². The molecule has 9 nitrogen and oxygen atoms in total. The van der Waals surface area contributed by atoms with Gasteiger partial charge in [-0.05, 0) is 26.2 Å². The van der Waals surface area contributed by atoms with E-state index in [0.29, 0.717) is 12.8 Å². The molecule has 1 rings (SSSR count). The monoisotopic (exact) mass is 560 g/mol. The van der Waals surface area contributed by atoms with E-state index in [-0.39, 0.29) is 12.8 Å².